The van der Waals surface area contributed by atoms with Crippen molar-refractivity contribution in [3.63, 3.8) is 0 Å². The number of pyridine rings is 1. The highest BCUT2D eigenvalue weighted by Crippen LogP contribution is 1.99. The molecule has 2 heterocycles. The molecule has 104 valence electrons. The Kier molecular flexibility index (Phi) is 4.65. The van der Waals surface area contributed by atoms with Crippen LogP contribution in [-0.4, -0.2) is 24.9 Å². The van der Waals surface area contributed by atoms with Gasteiger partial charge >= 0.3 is 5.91 Å². The van der Waals surface area contributed by atoms with Gasteiger partial charge in [-0.3, -0.25) is 9.59 Å². The van der Waals surface area contributed by atoms with Gasteiger partial charge in [0.15, 0.2) is 12.7 Å². The van der Waals surface area contributed by atoms with Crippen LogP contribution in [0.2, 0.25) is 0 Å². The molecule has 0 atom stereocenters. The normalized spacial score (nSPS) is 19.3. The summed E-state index contributed by atoms with van der Waals surface area (Å²) < 4.78 is 1.80. The van der Waals surface area contributed by atoms with Crippen molar-refractivity contribution in [1.82, 2.24) is 10.6 Å². The minimum atomic E-state index is -0.134. The molecule has 2 N–H and O–H groups in total. The molecule has 0 spiro atoms. The number of rotatable bonds is 1. The molecule has 0 aliphatic carbocycles. The van der Waals surface area contributed by atoms with Crippen LogP contribution in [0.1, 0.15) is 16.9 Å². The Hall–Kier alpha value is -2.43. The van der Waals surface area contributed by atoms with Crippen molar-refractivity contribution >= 4 is 11.8 Å². The lowest BCUT2D eigenvalue weighted by Crippen LogP contribution is -2.44. The van der Waals surface area contributed by atoms with Crippen molar-refractivity contribution in [2.45, 2.75) is 13.0 Å². The Morgan fingerprint density at radius 2 is 1.90 bits per heavy atom. The third-order valence-electron chi connectivity index (χ3n) is 3.09. The van der Waals surface area contributed by atoms with Gasteiger partial charge in [0.2, 0.25) is 0 Å². The molecule has 5 heteroatoms. The van der Waals surface area contributed by atoms with Gasteiger partial charge in [0.25, 0.3) is 11.6 Å². The number of nitrogens with zero attached hydrogens (tertiary/aromatic N) is 1. The van der Waals surface area contributed by atoms with E-state index in [1.807, 2.05) is 18.3 Å². The summed E-state index contributed by atoms with van der Waals surface area (Å²) in [7, 11) is 0. The lowest BCUT2D eigenvalue weighted by Gasteiger charge is -2.09. The summed E-state index contributed by atoms with van der Waals surface area (Å²) in [6.45, 7) is 5.15. The smallest absolute Gasteiger partial charge is 0.316 e. The Morgan fingerprint density at radius 1 is 1.15 bits per heavy atom. The third kappa shape index (κ3) is 3.32. The molecular weight excluding hydrogens is 254 g/mol. The fraction of sp³-hybridized carbons (Fsp3) is 0.267. The van der Waals surface area contributed by atoms with E-state index in [1.165, 1.54) is 6.08 Å². The van der Waals surface area contributed by atoms with E-state index in [9.17, 15) is 9.59 Å². The summed E-state index contributed by atoms with van der Waals surface area (Å²) in [5.41, 5.74) is 1.10. The zero-order valence-electron chi connectivity index (χ0n) is 11.3. The predicted molar refractivity (Wildman–Crippen MR) is 74.9 cm³/mol. The van der Waals surface area contributed by atoms with Crippen molar-refractivity contribution in [2.24, 2.45) is 0 Å². The van der Waals surface area contributed by atoms with Crippen LogP contribution in [0.3, 0.4) is 0 Å². The molecule has 0 bridgehead atoms. The van der Waals surface area contributed by atoms with Crippen LogP contribution >= 0.6 is 0 Å². The first-order valence-electron chi connectivity index (χ1n) is 6.60. The first kappa shape index (κ1) is 14.0. The number of aromatic nitrogens is 1. The topological polar surface area (TPSA) is 62.1 Å². The lowest BCUT2D eigenvalue weighted by molar-refractivity contribution is -0.689. The van der Waals surface area contributed by atoms with E-state index >= 15 is 0 Å². The summed E-state index contributed by atoms with van der Waals surface area (Å²) in [5.74, 6) is -0.240. The van der Waals surface area contributed by atoms with E-state index in [4.69, 9.17) is 0 Å². The third-order valence-corrected chi connectivity index (χ3v) is 3.09. The first-order valence-corrected chi connectivity index (χ1v) is 6.60. The number of carbonyl (C=O) groups excluding carboxylic acids is 2. The van der Waals surface area contributed by atoms with Crippen LogP contribution in [0.5, 0.6) is 0 Å². The van der Waals surface area contributed by atoms with E-state index < -0.39 is 0 Å². The Bertz CT molecular complexity index is 564. The molecule has 2 rings (SSSR count). The molecule has 0 radical (unpaired) electrons. The van der Waals surface area contributed by atoms with E-state index in [2.05, 4.69) is 17.2 Å². The lowest BCUT2D eigenvalue weighted by atomic mass is 10.2. The van der Waals surface area contributed by atoms with Crippen LogP contribution in [0, 0.1) is 0 Å². The van der Waals surface area contributed by atoms with Gasteiger partial charge in [0, 0.05) is 30.8 Å². The summed E-state index contributed by atoms with van der Waals surface area (Å²) in [5, 5.41) is 5.65. The van der Waals surface area contributed by atoms with Crippen LogP contribution < -0.4 is 15.2 Å². The number of hydrogen-bond donors (Lipinski definition) is 2. The fourth-order valence-corrected chi connectivity index (χ4v) is 1.99. The standard InChI is InChI=1S/C15H17N3O2/c1-2-12-7-11-18-10-4-3-6-13(18)15(20)17-9-5-8-16-14(12)19/h2-4,6-7,10H,1,5,8-9,11H2,(H-,16,17,19,20)/p+1/b12-7-. The maximum atomic E-state index is 12.1. The van der Waals surface area contributed by atoms with E-state index in [0.29, 0.717) is 37.3 Å². The van der Waals surface area contributed by atoms with Gasteiger partial charge in [-0.1, -0.05) is 12.7 Å². The molecule has 0 saturated heterocycles. The number of carbonyl (C=O) groups is 2. The van der Waals surface area contributed by atoms with E-state index in [0.717, 1.165) is 0 Å². The minimum absolute atomic E-state index is 0.106. The van der Waals surface area contributed by atoms with Gasteiger partial charge in [0.05, 0.1) is 0 Å². The Balaban J connectivity index is 2.34. The highest BCUT2D eigenvalue weighted by molar-refractivity contribution is 5.96. The maximum absolute atomic E-state index is 12.1. The number of allylic oxidation sites excluding steroid dienone is 1. The largest absolute Gasteiger partial charge is 0.352 e. The minimum Gasteiger partial charge on any atom is -0.352 e. The second-order valence-corrected chi connectivity index (χ2v) is 4.47. The molecule has 1 aromatic heterocycles. The van der Waals surface area contributed by atoms with Crippen LogP contribution in [-0.2, 0) is 11.3 Å². The summed E-state index contributed by atoms with van der Waals surface area (Å²) in [6.07, 6.45) is 5.80. The Labute approximate surface area is 118 Å². The average Bonchev–Trinajstić information content (AvgIpc) is 2.46. The molecule has 0 unspecified atom stereocenters. The zero-order chi connectivity index (χ0) is 14.4. The Morgan fingerprint density at radius 3 is 2.65 bits per heavy atom. The number of nitrogens with one attached hydrogen (secondary N) is 2. The van der Waals surface area contributed by atoms with E-state index in [-0.39, 0.29) is 11.8 Å². The van der Waals surface area contributed by atoms with Gasteiger partial charge < -0.3 is 10.6 Å². The van der Waals surface area contributed by atoms with Gasteiger partial charge in [-0.25, -0.2) is 0 Å². The van der Waals surface area contributed by atoms with Gasteiger partial charge in [-0.15, -0.1) is 0 Å². The van der Waals surface area contributed by atoms with Crippen LogP contribution in [0.15, 0.2) is 48.7 Å². The van der Waals surface area contributed by atoms with Crippen molar-refractivity contribution in [2.75, 3.05) is 13.1 Å². The first-order chi connectivity index (χ1) is 9.72. The number of fused-ring (bicyclic) bond motifs is 1. The maximum Gasteiger partial charge on any atom is 0.316 e. The second-order valence-electron chi connectivity index (χ2n) is 4.47. The highest BCUT2D eigenvalue weighted by Gasteiger charge is 2.18. The molecule has 1 aliphatic rings. The van der Waals surface area contributed by atoms with Crippen molar-refractivity contribution < 1.29 is 14.2 Å². The van der Waals surface area contributed by atoms with Gasteiger partial charge in [-0.2, -0.15) is 4.57 Å². The SMILES string of the molecule is C=C/C1=C/C[n+]2ccccc2C(=O)NCCCNC1=O. The molecule has 1 aliphatic heterocycles. The highest BCUT2D eigenvalue weighted by atomic mass is 16.2. The predicted octanol–water partition coefficient (Wildman–Crippen LogP) is 0.336. The molecule has 20 heavy (non-hydrogen) atoms. The number of amides is 2. The molecule has 5 nitrogen and oxygen atoms in total. The fourth-order valence-electron chi connectivity index (χ4n) is 1.99. The average molecular weight is 272 g/mol. The van der Waals surface area contributed by atoms with Crippen molar-refractivity contribution in [3.05, 3.63) is 54.4 Å². The molecule has 2 amide bonds. The molecule has 0 saturated carbocycles. The summed E-state index contributed by atoms with van der Waals surface area (Å²) in [6, 6.07) is 5.44. The van der Waals surface area contributed by atoms with Gasteiger partial charge in [0.1, 0.15) is 0 Å². The van der Waals surface area contributed by atoms with Crippen molar-refractivity contribution in [1.29, 1.82) is 0 Å². The van der Waals surface area contributed by atoms with Crippen molar-refractivity contribution in [3.8, 4) is 0 Å². The molecule has 0 aromatic carbocycles. The molecule has 0 fully saturated rings. The quantitative estimate of drug-likeness (QED) is 0.724. The monoisotopic (exact) mass is 272 g/mol. The van der Waals surface area contributed by atoms with E-state index in [1.54, 1.807) is 16.7 Å². The summed E-state index contributed by atoms with van der Waals surface area (Å²) in [4.78, 5) is 24.0. The zero-order valence-corrected chi connectivity index (χ0v) is 11.3. The molecule has 1 aromatic rings. The molecular formula is C15H18N3O2+. The van der Waals surface area contributed by atoms with Crippen LogP contribution in [0.4, 0.5) is 0 Å². The number of hydrogen-bond acceptors (Lipinski definition) is 2. The summed E-state index contributed by atoms with van der Waals surface area (Å²) >= 11 is 0. The van der Waals surface area contributed by atoms with Crippen LogP contribution in [0.25, 0.3) is 0 Å². The van der Waals surface area contributed by atoms with Gasteiger partial charge in [-0.05, 0) is 18.6 Å². The second kappa shape index (κ2) is 6.65.